The second kappa shape index (κ2) is 6.19. The van der Waals surface area contributed by atoms with Gasteiger partial charge in [-0.1, -0.05) is 0 Å². The minimum atomic E-state index is -1.38. The third kappa shape index (κ3) is 3.55. The van der Waals surface area contributed by atoms with Crippen molar-refractivity contribution < 1.29 is 23.6 Å². The Morgan fingerprint density at radius 2 is 2.20 bits per heavy atom. The van der Waals surface area contributed by atoms with Crippen LogP contribution in [-0.4, -0.2) is 52.7 Å². The van der Waals surface area contributed by atoms with Crippen LogP contribution in [0.4, 0.5) is 0 Å². The Hall–Kier alpha value is -0.460. The minimum Gasteiger partial charge on any atom is -0.480 e. The molecule has 1 fully saturated rings. The van der Waals surface area contributed by atoms with Crippen molar-refractivity contribution in [2.45, 2.75) is 23.3 Å². The quantitative estimate of drug-likeness (QED) is 0.728. The Morgan fingerprint density at radius 1 is 1.60 bits per heavy atom. The van der Waals surface area contributed by atoms with E-state index >= 15 is 0 Å². The summed E-state index contributed by atoms with van der Waals surface area (Å²) in [6.07, 6.45) is 1.33. The van der Waals surface area contributed by atoms with Crippen molar-refractivity contribution >= 4 is 16.8 Å². The maximum atomic E-state index is 11.9. The number of carboxylic acid groups (broad SMARTS) is 1. The van der Waals surface area contributed by atoms with Crippen LogP contribution in [0.2, 0.25) is 0 Å². The smallest absolute Gasteiger partial charge is 0.321 e. The van der Waals surface area contributed by atoms with E-state index in [2.05, 4.69) is 0 Å². The Morgan fingerprint density at radius 3 is 2.67 bits per heavy atom. The number of methoxy groups -OCH3 is 1. The van der Waals surface area contributed by atoms with Crippen LogP contribution < -0.4 is 0 Å². The first-order valence-electron chi connectivity index (χ1n) is 4.85. The van der Waals surface area contributed by atoms with Gasteiger partial charge in [-0.25, -0.2) is 0 Å². The van der Waals surface area contributed by atoms with Gasteiger partial charge in [0, 0.05) is 36.4 Å². The SMILES string of the molecule is COCC(C(=O)O)S(=O)C1CCOCC1. The first-order valence-corrected chi connectivity index (χ1v) is 6.13. The van der Waals surface area contributed by atoms with Crippen molar-refractivity contribution in [1.82, 2.24) is 0 Å². The molecule has 0 aromatic carbocycles. The molecule has 0 aliphatic carbocycles. The zero-order valence-corrected chi connectivity index (χ0v) is 9.50. The van der Waals surface area contributed by atoms with E-state index in [1.165, 1.54) is 7.11 Å². The van der Waals surface area contributed by atoms with Crippen LogP contribution in [0.3, 0.4) is 0 Å². The molecule has 2 unspecified atom stereocenters. The van der Waals surface area contributed by atoms with Crippen molar-refractivity contribution in [3.05, 3.63) is 0 Å². The van der Waals surface area contributed by atoms with Crippen molar-refractivity contribution in [3.8, 4) is 0 Å². The van der Waals surface area contributed by atoms with Crippen LogP contribution in [0.15, 0.2) is 0 Å². The van der Waals surface area contributed by atoms with Crippen LogP contribution in [-0.2, 0) is 25.1 Å². The average Bonchev–Trinajstić information content (AvgIpc) is 2.26. The molecule has 0 aromatic heterocycles. The first kappa shape index (κ1) is 12.6. The second-order valence-electron chi connectivity index (χ2n) is 3.42. The maximum absolute atomic E-state index is 11.9. The molecular formula is C9H16O5S. The van der Waals surface area contributed by atoms with Crippen LogP contribution in [0, 0.1) is 0 Å². The van der Waals surface area contributed by atoms with E-state index in [4.69, 9.17) is 14.6 Å². The molecule has 6 heteroatoms. The van der Waals surface area contributed by atoms with Crippen molar-refractivity contribution in [1.29, 1.82) is 0 Å². The summed E-state index contributed by atoms with van der Waals surface area (Å²) in [6.45, 7) is 1.13. The highest BCUT2D eigenvalue weighted by Gasteiger charge is 2.31. The molecule has 2 atom stereocenters. The highest BCUT2D eigenvalue weighted by molar-refractivity contribution is 7.87. The summed E-state index contributed by atoms with van der Waals surface area (Å²) in [5, 5.41) is 7.91. The molecule has 88 valence electrons. The third-order valence-corrected chi connectivity index (χ3v) is 4.40. The predicted molar refractivity (Wildman–Crippen MR) is 55.3 cm³/mol. The number of carbonyl (C=O) groups is 1. The van der Waals surface area contributed by atoms with E-state index in [-0.39, 0.29) is 11.9 Å². The van der Waals surface area contributed by atoms with Gasteiger partial charge in [-0.3, -0.25) is 9.00 Å². The molecule has 1 saturated heterocycles. The summed E-state index contributed by atoms with van der Waals surface area (Å²) in [7, 11) is 0.0350. The molecule has 1 aliphatic heterocycles. The topological polar surface area (TPSA) is 72.8 Å². The molecule has 1 heterocycles. The van der Waals surface area contributed by atoms with Crippen LogP contribution in [0.1, 0.15) is 12.8 Å². The van der Waals surface area contributed by atoms with Crippen molar-refractivity contribution in [2.75, 3.05) is 26.9 Å². The van der Waals surface area contributed by atoms with E-state index in [0.29, 0.717) is 26.1 Å². The van der Waals surface area contributed by atoms with E-state index in [1.54, 1.807) is 0 Å². The number of carboxylic acids is 1. The standard InChI is InChI=1S/C9H16O5S/c1-13-6-8(9(10)11)15(12)7-2-4-14-5-3-7/h7-8H,2-6H2,1H3,(H,10,11). The number of rotatable bonds is 5. The Balaban J connectivity index is 2.57. The van der Waals surface area contributed by atoms with Gasteiger partial charge in [-0.2, -0.15) is 0 Å². The Labute approximate surface area is 91.2 Å². The van der Waals surface area contributed by atoms with Crippen LogP contribution in [0.5, 0.6) is 0 Å². The average molecular weight is 236 g/mol. The number of ether oxygens (including phenoxy) is 2. The Kier molecular flexibility index (Phi) is 5.21. The number of hydrogen-bond acceptors (Lipinski definition) is 4. The monoisotopic (exact) mass is 236 g/mol. The highest BCUT2D eigenvalue weighted by atomic mass is 32.2. The van der Waals surface area contributed by atoms with Crippen LogP contribution >= 0.6 is 0 Å². The molecule has 0 bridgehead atoms. The van der Waals surface area contributed by atoms with Gasteiger partial charge in [0.05, 0.1) is 6.61 Å². The predicted octanol–water partition coefficient (Wildman–Crippen LogP) is 0.0137. The molecule has 1 rings (SSSR count). The van der Waals surface area contributed by atoms with Gasteiger partial charge in [-0.05, 0) is 12.8 Å². The summed E-state index contributed by atoms with van der Waals surface area (Å²) in [5.41, 5.74) is 0. The number of aliphatic carboxylic acids is 1. The van der Waals surface area contributed by atoms with Gasteiger partial charge in [0.15, 0.2) is 5.25 Å². The van der Waals surface area contributed by atoms with Gasteiger partial charge >= 0.3 is 5.97 Å². The van der Waals surface area contributed by atoms with E-state index in [0.717, 1.165) is 0 Å². The summed E-state index contributed by atoms with van der Waals surface area (Å²) in [4.78, 5) is 10.9. The lowest BCUT2D eigenvalue weighted by Gasteiger charge is -2.24. The van der Waals surface area contributed by atoms with Gasteiger partial charge in [0.1, 0.15) is 0 Å². The molecule has 0 saturated carbocycles. The van der Waals surface area contributed by atoms with Crippen molar-refractivity contribution in [2.24, 2.45) is 0 Å². The fourth-order valence-corrected chi connectivity index (χ4v) is 3.12. The van der Waals surface area contributed by atoms with E-state index < -0.39 is 22.0 Å². The largest absolute Gasteiger partial charge is 0.480 e. The third-order valence-electron chi connectivity index (χ3n) is 2.37. The van der Waals surface area contributed by atoms with Gasteiger partial charge < -0.3 is 14.6 Å². The van der Waals surface area contributed by atoms with Gasteiger partial charge in [0.2, 0.25) is 0 Å². The zero-order valence-electron chi connectivity index (χ0n) is 8.68. The summed E-state index contributed by atoms with van der Waals surface area (Å²) in [6, 6.07) is 0. The molecule has 5 nitrogen and oxygen atoms in total. The fourth-order valence-electron chi connectivity index (χ4n) is 1.53. The fraction of sp³-hybridized carbons (Fsp3) is 0.889. The minimum absolute atomic E-state index is 0.000693. The lowest BCUT2D eigenvalue weighted by molar-refractivity contribution is -0.137. The number of hydrogen-bond donors (Lipinski definition) is 1. The molecular weight excluding hydrogens is 220 g/mol. The molecule has 15 heavy (non-hydrogen) atoms. The molecule has 1 aliphatic rings. The molecule has 0 spiro atoms. The molecule has 0 radical (unpaired) electrons. The van der Waals surface area contributed by atoms with Crippen LogP contribution in [0.25, 0.3) is 0 Å². The lowest BCUT2D eigenvalue weighted by atomic mass is 10.2. The van der Waals surface area contributed by atoms with Gasteiger partial charge in [0.25, 0.3) is 0 Å². The zero-order chi connectivity index (χ0) is 11.3. The van der Waals surface area contributed by atoms with E-state index in [9.17, 15) is 9.00 Å². The van der Waals surface area contributed by atoms with E-state index in [1.807, 2.05) is 0 Å². The Bertz CT molecular complexity index is 237. The summed E-state index contributed by atoms with van der Waals surface area (Å²) >= 11 is 0. The van der Waals surface area contributed by atoms with Gasteiger partial charge in [-0.15, -0.1) is 0 Å². The normalized spacial score (nSPS) is 22.2. The van der Waals surface area contributed by atoms with Crippen molar-refractivity contribution in [3.63, 3.8) is 0 Å². The summed E-state index contributed by atoms with van der Waals surface area (Å²) in [5.74, 6) is -1.05. The molecule has 0 amide bonds. The molecule has 1 N–H and O–H groups in total. The first-order chi connectivity index (χ1) is 7.16. The highest BCUT2D eigenvalue weighted by Crippen LogP contribution is 2.17. The molecule has 0 aromatic rings. The lowest BCUT2D eigenvalue weighted by Crippen LogP contribution is -2.38. The second-order valence-corrected chi connectivity index (χ2v) is 5.32. The maximum Gasteiger partial charge on any atom is 0.321 e. The summed E-state index contributed by atoms with van der Waals surface area (Å²) < 4.78 is 21.8.